The van der Waals surface area contributed by atoms with Gasteiger partial charge in [-0.25, -0.2) is 0 Å². The van der Waals surface area contributed by atoms with Gasteiger partial charge in [-0.2, -0.15) is 0 Å². The molecule has 0 N–H and O–H groups in total. The van der Waals surface area contributed by atoms with Crippen LogP contribution in [0.4, 0.5) is 4.79 Å². The number of rotatable bonds is 4. The summed E-state index contributed by atoms with van der Waals surface area (Å²) in [7, 11) is 1.61. The second-order valence-electron chi connectivity index (χ2n) is 4.13. The molecule has 0 radical (unpaired) electrons. The van der Waals surface area contributed by atoms with Crippen LogP contribution in [0.5, 0.6) is 5.75 Å². The van der Waals surface area contributed by atoms with Gasteiger partial charge in [-0.1, -0.05) is 30.2 Å². The normalized spacial score (nSPS) is 16.8. The average Bonchev–Trinajstić information content (AvgIpc) is 2.76. The highest BCUT2D eigenvalue weighted by molar-refractivity contribution is 8.18. The van der Waals surface area contributed by atoms with Crippen molar-refractivity contribution in [1.82, 2.24) is 4.90 Å². The van der Waals surface area contributed by atoms with Gasteiger partial charge in [-0.15, -0.1) is 6.42 Å². The summed E-state index contributed by atoms with van der Waals surface area (Å²) in [6.45, 7) is 0.00417. The van der Waals surface area contributed by atoms with E-state index >= 15 is 0 Å². The van der Waals surface area contributed by atoms with Gasteiger partial charge in [0.15, 0.2) is 0 Å². The standard InChI is InChI=1S/C16H13NO3S/c1-3-11-17-15(18)14(21-16(17)19)6-4-5-12-7-9-13(20-2)10-8-12/h1,4-10H,11H2,2H3. The van der Waals surface area contributed by atoms with E-state index in [1.165, 1.54) is 0 Å². The summed E-state index contributed by atoms with van der Waals surface area (Å²) in [5.74, 6) is 2.73. The lowest BCUT2D eigenvalue weighted by atomic mass is 10.2. The van der Waals surface area contributed by atoms with Gasteiger partial charge in [0, 0.05) is 0 Å². The fourth-order valence-corrected chi connectivity index (χ4v) is 2.49. The van der Waals surface area contributed by atoms with Crippen molar-refractivity contribution >= 4 is 29.0 Å². The number of amides is 2. The number of imide groups is 1. The Balaban J connectivity index is 2.07. The molecular weight excluding hydrogens is 286 g/mol. The van der Waals surface area contributed by atoms with Crippen molar-refractivity contribution in [3.05, 3.63) is 46.9 Å². The van der Waals surface area contributed by atoms with Crippen molar-refractivity contribution in [2.45, 2.75) is 0 Å². The van der Waals surface area contributed by atoms with Crippen LogP contribution in [0.15, 0.2) is 41.3 Å². The van der Waals surface area contributed by atoms with Crippen molar-refractivity contribution in [1.29, 1.82) is 0 Å². The Kier molecular flexibility index (Phi) is 4.85. The second kappa shape index (κ2) is 6.82. The van der Waals surface area contributed by atoms with Gasteiger partial charge in [-0.3, -0.25) is 14.5 Å². The summed E-state index contributed by atoms with van der Waals surface area (Å²) in [6, 6.07) is 7.49. The van der Waals surface area contributed by atoms with Crippen LogP contribution in [0.3, 0.4) is 0 Å². The first-order valence-corrected chi connectivity index (χ1v) is 6.97. The zero-order valence-electron chi connectivity index (χ0n) is 11.4. The Labute approximate surface area is 127 Å². The van der Waals surface area contributed by atoms with Crippen molar-refractivity contribution in [3.8, 4) is 18.1 Å². The summed E-state index contributed by atoms with van der Waals surface area (Å²) in [5.41, 5.74) is 0.968. The summed E-state index contributed by atoms with van der Waals surface area (Å²) in [6.07, 6.45) is 10.3. The van der Waals surface area contributed by atoms with E-state index in [0.29, 0.717) is 4.91 Å². The highest BCUT2D eigenvalue weighted by Gasteiger charge is 2.33. The third-order valence-corrected chi connectivity index (χ3v) is 3.70. The van der Waals surface area contributed by atoms with Gasteiger partial charge in [-0.05, 0) is 35.5 Å². The zero-order valence-corrected chi connectivity index (χ0v) is 12.2. The van der Waals surface area contributed by atoms with E-state index in [2.05, 4.69) is 5.92 Å². The van der Waals surface area contributed by atoms with E-state index in [1.807, 2.05) is 30.3 Å². The Morgan fingerprint density at radius 1 is 1.33 bits per heavy atom. The molecule has 0 aliphatic carbocycles. The average molecular weight is 299 g/mol. The lowest BCUT2D eigenvalue weighted by Crippen LogP contribution is -2.28. The monoisotopic (exact) mass is 299 g/mol. The van der Waals surface area contributed by atoms with Crippen LogP contribution in [-0.4, -0.2) is 29.7 Å². The third-order valence-electron chi connectivity index (χ3n) is 2.78. The predicted octanol–water partition coefficient (Wildman–Crippen LogP) is 2.92. The first-order chi connectivity index (χ1) is 10.2. The van der Waals surface area contributed by atoms with Crippen LogP contribution >= 0.6 is 11.8 Å². The van der Waals surface area contributed by atoms with Crippen LogP contribution in [-0.2, 0) is 4.79 Å². The fraction of sp³-hybridized carbons (Fsp3) is 0.125. The lowest BCUT2D eigenvalue weighted by molar-refractivity contribution is -0.122. The van der Waals surface area contributed by atoms with Crippen molar-refractivity contribution in [3.63, 3.8) is 0 Å². The summed E-state index contributed by atoms with van der Waals surface area (Å²) in [5, 5.41) is -0.331. The molecule has 0 aromatic heterocycles. The lowest BCUT2D eigenvalue weighted by Gasteiger charge is -2.06. The minimum Gasteiger partial charge on any atom is -0.497 e. The van der Waals surface area contributed by atoms with Gasteiger partial charge >= 0.3 is 0 Å². The van der Waals surface area contributed by atoms with Crippen molar-refractivity contribution < 1.29 is 14.3 Å². The number of ether oxygens (including phenoxy) is 1. The van der Waals surface area contributed by atoms with Crippen LogP contribution in [0.2, 0.25) is 0 Å². The Morgan fingerprint density at radius 2 is 2.05 bits per heavy atom. The number of methoxy groups -OCH3 is 1. The molecular formula is C16H13NO3S. The number of benzene rings is 1. The first-order valence-electron chi connectivity index (χ1n) is 6.15. The minimum absolute atomic E-state index is 0.00417. The van der Waals surface area contributed by atoms with Crippen molar-refractivity contribution in [2.75, 3.05) is 13.7 Å². The number of hydrogen-bond acceptors (Lipinski definition) is 4. The SMILES string of the molecule is C#CCN1C(=O)SC(=CC=Cc2ccc(OC)cc2)C1=O. The van der Waals surface area contributed by atoms with Crippen LogP contribution < -0.4 is 4.74 Å². The minimum atomic E-state index is -0.345. The highest BCUT2D eigenvalue weighted by atomic mass is 32.2. The number of hydrogen-bond donors (Lipinski definition) is 0. The van der Waals surface area contributed by atoms with E-state index < -0.39 is 0 Å². The molecule has 1 aliphatic rings. The molecule has 106 valence electrons. The van der Waals surface area contributed by atoms with Crippen LogP contribution in [0, 0.1) is 12.3 Å². The van der Waals surface area contributed by atoms with E-state index in [4.69, 9.17) is 11.2 Å². The molecule has 21 heavy (non-hydrogen) atoms. The summed E-state index contributed by atoms with van der Waals surface area (Å²) in [4.78, 5) is 24.9. The topological polar surface area (TPSA) is 46.6 Å². The van der Waals surface area contributed by atoms with Gasteiger partial charge in [0.1, 0.15) is 5.75 Å². The number of nitrogens with zero attached hydrogens (tertiary/aromatic N) is 1. The molecule has 4 nitrogen and oxygen atoms in total. The number of thioether (sulfide) groups is 1. The largest absolute Gasteiger partial charge is 0.497 e. The Morgan fingerprint density at radius 3 is 2.67 bits per heavy atom. The number of carbonyl (C=O) groups excluding carboxylic acids is 2. The number of terminal acetylenes is 1. The Bertz CT molecular complexity index is 653. The van der Waals surface area contributed by atoms with E-state index in [-0.39, 0.29) is 17.7 Å². The van der Waals surface area contributed by atoms with E-state index in [9.17, 15) is 9.59 Å². The molecule has 1 aromatic rings. The summed E-state index contributed by atoms with van der Waals surface area (Å²) < 4.78 is 5.07. The van der Waals surface area contributed by atoms with Gasteiger partial charge in [0.25, 0.3) is 11.1 Å². The van der Waals surface area contributed by atoms with E-state index in [0.717, 1.165) is 28.0 Å². The third kappa shape index (κ3) is 3.56. The molecule has 0 bridgehead atoms. The Hall–Kier alpha value is -2.45. The molecule has 1 heterocycles. The van der Waals surface area contributed by atoms with Crippen LogP contribution in [0.25, 0.3) is 6.08 Å². The molecule has 1 aromatic carbocycles. The second-order valence-corrected chi connectivity index (χ2v) is 5.12. The zero-order chi connectivity index (χ0) is 15.2. The highest BCUT2D eigenvalue weighted by Crippen LogP contribution is 2.30. The maximum absolute atomic E-state index is 11.9. The van der Waals surface area contributed by atoms with Crippen LogP contribution in [0.1, 0.15) is 5.56 Å². The summed E-state index contributed by atoms with van der Waals surface area (Å²) >= 11 is 0.895. The molecule has 0 spiro atoms. The van der Waals surface area contributed by atoms with Gasteiger partial charge in [0.05, 0.1) is 18.6 Å². The maximum Gasteiger partial charge on any atom is 0.294 e. The fourth-order valence-electron chi connectivity index (χ4n) is 1.70. The maximum atomic E-state index is 11.9. The smallest absolute Gasteiger partial charge is 0.294 e. The molecule has 0 saturated carbocycles. The molecule has 1 fully saturated rings. The van der Waals surface area contributed by atoms with Gasteiger partial charge in [0.2, 0.25) is 0 Å². The van der Waals surface area contributed by atoms with Gasteiger partial charge < -0.3 is 4.74 Å². The first kappa shape index (κ1) is 14.9. The molecule has 2 amide bonds. The molecule has 1 aliphatic heterocycles. The molecule has 0 unspecified atom stereocenters. The predicted molar refractivity (Wildman–Crippen MR) is 83.6 cm³/mol. The van der Waals surface area contributed by atoms with Crippen molar-refractivity contribution in [2.24, 2.45) is 0 Å². The number of allylic oxidation sites excluding steroid dienone is 2. The molecule has 5 heteroatoms. The molecule has 1 saturated heterocycles. The molecule has 0 atom stereocenters. The molecule has 2 rings (SSSR count). The van der Waals surface area contributed by atoms with E-state index in [1.54, 1.807) is 19.3 Å². The quantitative estimate of drug-likeness (QED) is 0.633. The number of carbonyl (C=O) groups is 2.